The summed E-state index contributed by atoms with van der Waals surface area (Å²) in [6.45, 7) is 12.9. The van der Waals surface area contributed by atoms with E-state index in [-0.39, 0.29) is 17.3 Å². The third kappa shape index (κ3) is 8.14. The minimum absolute atomic E-state index is 0.00540. The SMILES string of the molecule is CC1(C)CCC2(C)C(OC3OC(CO)C(O)C(O)C3O)CC3(C)C(=CCC4C5(C)CCC(OC6OC(CO)C(O)C(O)C6OC6OC(CO)C(O)C(O)C6O)C(C)(CO)C5C(O)CC43C)C2C1. The molecule has 67 heavy (non-hydrogen) atoms. The molecule has 26 atom stereocenters. The van der Waals surface area contributed by atoms with Crippen molar-refractivity contribution in [3.63, 3.8) is 0 Å². The van der Waals surface area contributed by atoms with Crippen LogP contribution in [0, 0.1) is 50.2 Å². The zero-order valence-electron chi connectivity index (χ0n) is 40.0. The molecule has 0 aromatic carbocycles. The Labute approximate surface area is 392 Å². The topological polar surface area (TPSA) is 318 Å². The number of fused-ring (bicyclic) bond motifs is 7. The molecular formula is C48H80O19. The average molecular weight is 961 g/mol. The number of aliphatic hydroxyl groups excluding tert-OH is 13. The minimum atomic E-state index is -1.85. The van der Waals surface area contributed by atoms with Gasteiger partial charge in [0.15, 0.2) is 18.9 Å². The second kappa shape index (κ2) is 18.5. The molecule has 0 radical (unpaired) electrons. The lowest BCUT2D eigenvalue weighted by Crippen LogP contribution is -2.71. The third-order valence-electron chi connectivity index (χ3n) is 19.5. The highest BCUT2D eigenvalue weighted by Crippen LogP contribution is 2.76. The van der Waals surface area contributed by atoms with E-state index in [0.717, 1.165) is 19.3 Å². The largest absolute Gasteiger partial charge is 0.396 e. The molecule has 3 aliphatic heterocycles. The summed E-state index contributed by atoms with van der Waals surface area (Å²) < 4.78 is 37.1. The maximum absolute atomic E-state index is 12.8. The summed E-state index contributed by atoms with van der Waals surface area (Å²) in [6, 6.07) is 0. The normalized spacial score (nSPS) is 56.5. The molecule has 13 N–H and O–H groups in total. The quantitative estimate of drug-likeness (QED) is 0.0881. The summed E-state index contributed by atoms with van der Waals surface area (Å²) in [5.41, 5.74) is -1.94. The van der Waals surface area contributed by atoms with Crippen LogP contribution in [-0.4, -0.2) is 203 Å². The molecule has 26 unspecified atom stereocenters. The Kier molecular flexibility index (Phi) is 14.4. The van der Waals surface area contributed by atoms with Crippen LogP contribution in [0.4, 0.5) is 0 Å². The number of ether oxygens (including phenoxy) is 6. The molecule has 3 heterocycles. The molecule has 19 nitrogen and oxygen atoms in total. The highest BCUT2D eigenvalue weighted by atomic mass is 16.8. The van der Waals surface area contributed by atoms with Crippen LogP contribution in [0.15, 0.2) is 11.6 Å². The van der Waals surface area contributed by atoms with Gasteiger partial charge in [0.05, 0.1) is 44.7 Å². The van der Waals surface area contributed by atoms with E-state index in [1.165, 1.54) is 5.57 Å². The van der Waals surface area contributed by atoms with Gasteiger partial charge in [-0.3, -0.25) is 0 Å². The van der Waals surface area contributed by atoms with Crippen molar-refractivity contribution in [2.24, 2.45) is 50.2 Å². The number of aliphatic hydroxyl groups is 13. The first kappa shape index (κ1) is 52.3. The van der Waals surface area contributed by atoms with Crippen molar-refractivity contribution >= 4 is 0 Å². The second-order valence-electron chi connectivity index (χ2n) is 23.7. The van der Waals surface area contributed by atoms with E-state index >= 15 is 0 Å². The summed E-state index contributed by atoms with van der Waals surface area (Å²) in [5.74, 6) is -0.532. The minimum Gasteiger partial charge on any atom is -0.396 e. The van der Waals surface area contributed by atoms with Gasteiger partial charge in [-0.15, -0.1) is 0 Å². The molecule has 0 aromatic heterocycles. The molecule has 386 valence electrons. The molecule has 8 rings (SSSR count). The Balaban J connectivity index is 1.11. The van der Waals surface area contributed by atoms with Gasteiger partial charge in [-0.05, 0) is 84.9 Å². The molecule has 4 saturated carbocycles. The predicted octanol–water partition coefficient (Wildman–Crippen LogP) is -1.44. The van der Waals surface area contributed by atoms with Gasteiger partial charge in [0.1, 0.15) is 73.2 Å². The first-order valence-electron chi connectivity index (χ1n) is 24.5. The second-order valence-corrected chi connectivity index (χ2v) is 23.7. The highest BCUT2D eigenvalue weighted by molar-refractivity contribution is 5.35. The van der Waals surface area contributed by atoms with Crippen molar-refractivity contribution in [3.8, 4) is 0 Å². The molecule has 0 spiro atoms. The van der Waals surface area contributed by atoms with Gasteiger partial charge in [-0.1, -0.05) is 60.1 Å². The van der Waals surface area contributed by atoms with Crippen LogP contribution >= 0.6 is 0 Å². The van der Waals surface area contributed by atoms with E-state index < -0.39 is 170 Å². The summed E-state index contributed by atoms with van der Waals surface area (Å²) in [4.78, 5) is 0. The molecule has 7 fully saturated rings. The lowest BCUT2D eigenvalue weighted by molar-refractivity contribution is -0.380. The summed E-state index contributed by atoms with van der Waals surface area (Å²) in [7, 11) is 0. The van der Waals surface area contributed by atoms with Crippen LogP contribution in [0.5, 0.6) is 0 Å². The van der Waals surface area contributed by atoms with Crippen LogP contribution in [0.2, 0.25) is 0 Å². The van der Waals surface area contributed by atoms with E-state index in [1.807, 2.05) is 6.92 Å². The van der Waals surface area contributed by atoms with E-state index in [1.54, 1.807) is 0 Å². The van der Waals surface area contributed by atoms with Crippen molar-refractivity contribution in [1.82, 2.24) is 0 Å². The van der Waals surface area contributed by atoms with E-state index in [2.05, 4.69) is 47.6 Å². The van der Waals surface area contributed by atoms with Gasteiger partial charge < -0.3 is 94.8 Å². The maximum atomic E-state index is 12.8. The summed E-state index contributed by atoms with van der Waals surface area (Å²) in [5, 5.41) is 141. The Hall–Kier alpha value is -1.02. The van der Waals surface area contributed by atoms with Gasteiger partial charge in [0.2, 0.25) is 0 Å². The molecule has 0 aromatic rings. The molecule has 8 aliphatic rings. The average Bonchev–Trinajstić information content (AvgIpc) is 3.27. The van der Waals surface area contributed by atoms with Gasteiger partial charge in [0.25, 0.3) is 0 Å². The Morgan fingerprint density at radius 3 is 1.63 bits per heavy atom. The van der Waals surface area contributed by atoms with Gasteiger partial charge in [-0.2, -0.15) is 0 Å². The zero-order chi connectivity index (χ0) is 49.1. The molecule has 0 bridgehead atoms. The first-order valence-corrected chi connectivity index (χ1v) is 24.5. The van der Waals surface area contributed by atoms with E-state index in [0.29, 0.717) is 32.1 Å². The zero-order valence-corrected chi connectivity index (χ0v) is 40.0. The van der Waals surface area contributed by atoms with Crippen molar-refractivity contribution in [2.45, 2.75) is 210 Å². The molecule has 5 aliphatic carbocycles. The van der Waals surface area contributed by atoms with Crippen molar-refractivity contribution in [2.75, 3.05) is 26.4 Å². The fraction of sp³-hybridized carbons (Fsp3) is 0.958. The van der Waals surface area contributed by atoms with Gasteiger partial charge in [-0.25, -0.2) is 0 Å². The third-order valence-corrected chi connectivity index (χ3v) is 19.5. The predicted molar refractivity (Wildman–Crippen MR) is 233 cm³/mol. The molecule has 0 amide bonds. The number of hydrogen-bond acceptors (Lipinski definition) is 19. The van der Waals surface area contributed by atoms with E-state index in [9.17, 15) is 66.4 Å². The Bertz CT molecular complexity index is 1790. The fourth-order valence-electron chi connectivity index (χ4n) is 15.3. The summed E-state index contributed by atoms with van der Waals surface area (Å²) in [6.07, 6.45) is -18.4. The standard InChI is InChI=1S/C48H80O19/c1-43(2)12-13-44(3)22(14-43)21-8-9-27-45(4)11-10-28(65-42-38(35(59)32(56)26(19-51)64-42)67-41-37(61)34(58)31(55)25(18-50)63-41)46(5,20-52)39(45)23(53)15-48(27,7)47(21,6)16-29(44)66-40-36(60)33(57)30(54)24(17-49)62-40/h8,22-42,49-61H,9-20H2,1-7H3. The highest BCUT2D eigenvalue weighted by Gasteiger charge is 2.72. The summed E-state index contributed by atoms with van der Waals surface area (Å²) >= 11 is 0. The Morgan fingerprint density at radius 2 is 1.07 bits per heavy atom. The van der Waals surface area contributed by atoms with Crippen LogP contribution in [0.25, 0.3) is 0 Å². The van der Waals surface area contributed by atoms with Crippen molar-refractivity contribution in [3.05, 3.63) is 11.6 Å². The number of rotatable bonds is 10. The molecular weight excluding hydrogens is 881 g/mol. The number of allylic oxidation sites excluding steroid dienone is 2. The lowest BCUT2D eigenvalue weighted by atomic mass is 9.33. The van der Waals surface area contributed by atoms with Crippen molar-refractivity contribution in [1.29, 1.82) is 0 Å². The molecule has 3 saturated heterocycles. The van der Waals surface area contributed by atoms with Crippen LogP contribution in [0.3, 0.4) is 0 Å². The number of hydrogen-bond donors (Lipinski definition) is 13. The monoisotopic (exact) mass is 961 g/mol. The Morgan fingerprint density at radius 1 is 0.552 bits per heavy atom. The lowest BCUT2D eigenvalue weighted by Gasteiger charge is -2.73. The van der Waals surface area contributed by atoms with Crippen LogP contribution in [0.1, 0.15) is 99.8 Å². The van der Waals surface area contributed by atoms with Crippen LogP contribution in [-0.2, 0) is 28.4 Å². The fourth-order valence-corrected chi connectivity index (χ4v) is 15.3. The first-order chi connectivity index (χ1) is 31.3. The van der Waals surface area contributed by atoms with Crippen LogP contribution < -0.4 is 0 Å². The van der Waals surface area contributed by atoms with Crippen molar-refractivity contribution < 1.29 is 94.8 Å². The van der Waals surface area contributed by atoms with Gasteiger partial charge in [0, 0.05) is 16.7 Å². The van der Waals surface area contributed by atoms with E-state index in [4.69, 9.17) is 28.4 Å². The van der Waals surface area contributed by atoms with Gasteiger partial charge >= 0.3 is 0 Å². The molecule has 19 heteroatoms. The maximum Gasteiger partial charge on any atom is 0.187 e. The smallest absolute Gasteiger partial charge is 0.187 e.